The van der Waals surface area contributed by atoms with Crippen LogP contribution in [0.1, 0.15) is 43.7 Å². The zero-order valence-electron chi connectivity index (χ0n) is 13.2. The number of nitrogens with one attached hydrogen (secondary N) is 2. The van der Waals surface area contributed by atoms with Gasteiger partial charge in [-0.25, -0.2) is 0 Å². The summed E-state index contributed by atoms with van der Waals surface area (Å²) in [7, 11) is 0. The summed E-state index contributed by atoms with van der Waals surface area (Å²) in [6, 6.07) is 5.02. The molecule has 2 N–H and O–H groups in total. The minimum atomic E-state index is -4.39. The van der Waals surface area contributed by atoms with E-state index >= 15 is 0 Å². The van der Waals surface area contributed by atoms with Gasteiger partial charge in [-0.2, -0.15) is 13.2 Å². The molecule has 0 aromatic heterocycles. The van der Waals surface area contributed by atoms with Crippen molar-refractivity contribution >= 4 is 11.8 Å². The molecular weight excluding hydrogens is 309 g/mol. The first kappa shape index (κ1) is 19.0. The number of amides is 2. The topological polar surface area (TPSA) is 58.2 Å². The zero-order valence-corrected chi connectivity index (χ0v) is 13.2. The summed E-state index contributed by atoms with van der Waals surface area (Å²) in [6.07, 6.45) is -3.67. The molecule has 0 saturated heterocycles. The van der Waals surface area contributed by atoms with Gasteiger partial charge in [0.2, 0.25) is 11.8 Å². The summed E-state index contributed by atoms with van der Waals surface area (Å²) >= 11 is 0. The third-order valence-corrected chi connectivity index (χ3v) is 3.32. The monoisotopic (exact) mass is 330 g/mol. The lowest BCUT2D eigenvalue weighted by Gasteiger charge is -2.14. The van der Waals surface area contributed by atoms with E-state index in [1.807, 2.05) is 0 Å². The summed E-state index contributed by atoms with van der Waals surface area (Å²) in [5, 5.41) is 5.30. The Morgan fingerprint density at radius 1 is 1.17 bits per heavy atom. The lowest BCUT2D eigenvalue weighted by molar-refractivity contribution is -0.137. The molecule has 0 aliphatic heterocycles. The molecule has 0 radical (unpaired) electrons. The molecule has 0 heterocycles. The Balaban J connectivity index is 2.45. The van der Waals surface area contributed by atoms with Gasteiger partial charge >= 0.3 is 6.18 Å². The molecule has 0 unspecified atom stereocenters. The fourth-order valence-corrected chi connectivity index (χ4v) is 2.07. The summed E-state index contributed by atoms with van der Waals surface area (Å²) in [5.74, 6) is -0.667. The summed E-state index contributed by atoms with van der Waals surface area (Å²) < 4.78 is 38.0. The molecule has 7 heteroatoms. The van der Waals surface area contributed by atoms with Crippen molar-refractivity contribution in [1.29, 1.82) is 0 Å². The van der Waals surface area contributed by atoms with E-state index < -0.39 is 11.7 Å². The van der Waals surface area contributed by atoms with Crippen molar-refractivity contribution in [2.75, 3.05) is 13.1 Å². The van der Waals surface area contributed by atoms with Gasteiger partial charge in [-0.05, 0) is 24.0 Å². The molecule has 1 aromatic carbocycles. The molecule has 4 nitrogen and oxygen atoms in total. The first-order chi connectivity index (χ1) is 10.7. The maximum absolute atomic E-state index is 12.7. The highest BCUT2D eigenvalue weighted by atomic mass is 19.4. The maximum Gasteiger partial charge on any atom is 0.416 e. The fourth-order valence-electron chi connectivity index (χ4n) is 2.07. The average molecular weight is 330 g/mol. The minimum absolute atomic E-state index is 0.113. The Bertz CT molecular complexity index is 544. The van der Waals surface area contributed by atoms with Crippen LogP contribution >= 0.6 is 0 Å². The minimum Gasteiger partial charge on any atom is -0.356 e. The van der Waals surface area contributed by atoms with E-state index in [-0.39, 0.29) is 24.2 Å². The van der Waals surface area contributed by atoms with Crippen LogP contribution in [0, 0.1) is 0 Å². The predicted molar refractivity (Wildman–Crippen MR) is 80.8 cm³/mol. The standard InChI is InChI=1S/C16H21F3N2O2/c1-11(9-15(23)21-8-4-7-20-12(2)22)13-5-3-6-14(10-13)16(17,18)19/h3,5-6,10-11H,4,7-9H2,1-2H3,(H,20,22)(H,21,23)/t11-/m1/s1. The van der Waals surface area contributed by atoms with Crippen molar-refractivity contribution in [2.24, 2.45) is 0 Å². The number of carbonyl (C=O) groups is 2. The first-order valence-electron chi connectivity index (χ1n) is 7.38. The van der Waals surface area contributed by atoms with Gasteiger partial charge in [-0.3, -0.25) is 9.59 Å². The Morgan fingerprint density at radius 2 is 1.83 bits per heavy atom. The van der Waals surface area contributed by atoms with Gasteiger partial charge in [0.1, 0.15) is 0 Å². The molecule has 0 aliphatic carbocycles. The lowest BCUT2D eigenvalue weighted by Crippen LogP contribution is -2.29. The van der Waals surface area contributed by atoms with E-state index in [2.05, 4.69) is 10.6 Å². The van der Waals surface area contributed by atoms with Gasteiger partial charge < -0.3 is 10.6 Å². The normalized spacial score (nSPS) is 12.6. The molecular formula is C16H21F3N2O2. The molecule has 0 fully saturated rings. The number of hydrogen-bond acceptors (Lipinski definition) is 2. The predicted octanol–water partition coefficient (Wildman–Crippen LogP) is 2.84. The Kier molecular flexibility index (Phi) is 7.06. The van der Waals surface area contributed by atoms with Crippen LogP contribution in [0.15, 0.2) is 24.3 Å². The SMILES string of the molecule is CC(=O)NCCCNC(=O)C[C@@H](C)c1cccc(C(F)(F)F)c1. The Morgan fingerprint density at radius 3 is 2.43 bits per heavy atom. The van der Waals surface area contributed by atoms with Gasteiger partial charge in [0.15, 0.2) is 0 Å². The Labute approximate surface area is 133 Å². The van der Waals surface area contributed by atoms with Crippen LogP contribution in [0.2, 0.25) is 0 Å². The zero-order chi connectivity index (χ0) is 17.5. The largest absolute Gasteiger partial charge is 0.416 e. The molecule has 1 rings (SSSR count). The third kappa shape index (κ3) is 7.17. The molecule has 0 bridgehead atoms. The molecule has 0 spiro atoms. The van der Waals surface area contributed by atoms with E-state index in [9.17, 15) is 22.8 Å². The van der Waals surface area contributed by atoms with Gasteiger partial charge in [0.05, 0.1) is 5.56 Å². The van der Waals surface area contributed by atoms with Gasteiger partial charge in [-0.15, -0.1) is 0 Å². The highest BCUT2D eigenvalue weighted by Crippen LogP contribution is 2.31. The van der Waals surface area contributed by atoms with Crippen LogP contribution in [0.3, 0.4) is 0 Å². The third-order valence-electron chi connectivity index (χ3n) is 3.32. The summed E-state index contributed by atoms with van der Waals surface area (Å²) in [5.41, 5.74) is -0.231. The van der Waals surface area contributed by atoms with Crippen molar-refractivity contribution in [3.05, 3.63) is 35.4 Å². The quantitative estimate of drug-likeness (QED) is 0.755. The highest BCUT2D eigenvalue weighted by molar-refractivity contribution is 5.76. The van der Waals surface area contributed by atoms with E-state index in [4.69, 9.17) is 0 Å². The van der Waals surface area contributed by atoms with Gasteiger partial charge in [-0.1, -0.05) is 25.1 Å². The van der Waals surface area contributed by atoms with E-state index in [0.717, 1.165) is 12.1 Å². The molecule has 2 amide bonds. The number of benzene rings is 1. The lowest BCUT2D eigenvalue weighted by atomic mass is 9.95. The molecule has 1 atom stereocenters. The molecule has 128 valence electrons. The van der Waals surface area contributed by atoms with Crippen LogP contribution in [-0.2, 0) is 15.8 Å². The van der Waals surface area contributed by atoms with Gasteiger partial charge in [0, 0.05) is 26.4 Å². The summed E-state index contributed by atoms with van der Waals surface area (Å²) in [6.45, 7) is 4.01. The van der Waals surface area contributed by atoms with E-state index in [0.29, 0.717) is 25.1 Å². The number of rotatable bonds is 7. The smallest absolute Gasteiger partial charge is 0.356 e. The van der Waals surface area contributed by atoms with Crippen molar-refractivity contribution in [2.45, 2.75) is 38.8 Å². The van der Waals surface area contributed by atoms with Gasteiger partial charge in [0.25, 0.3) is 0 Å². The first-order valence-corrected chi connectivity index (χ1v) is 7.38. The maximum atomic E-state index is 12.7. The van der Waals surface area contributed by atoms with Crippen LogP contribution in [0.25, 0.3) is 0 Å². The second kappa shape index (κ2) is 8.55. The molecule has 1 aromatic rings. The highest BCUT2D eigenvalue weighted by Gasteiger charge is 2.30. The van der Waals surface area contributed by atoms with Crippen molar-refractivity contribution in [1.82, 2.24) is 10.6 Å². The van der Waals surface area contributed by atoms with Crippen molar-refractivity contribution < 1.29 is 22.8 Å². The number of alkyl halides is 3. The Hall–Kier alpha value is -2.05. The van der Waals surface area contributed by atoms with Crippen LogP contribution in [0.5, 0.6) is 0 Å². The van der Waals surface area contributed by atoms with Crippen molar-refractivity contribution in [3.63, 3.8) is 0 Å². The van der Waals surface area contributed by atoms with Crippen molar-refractivity contribution in [3.8, 4) is 0 Å². The number of carbonyl (C=O) groups excluding carboxylic acids is 2. The fraction of sp³-hybridized carbons (Fsp3) is 0.500. The number of hydrogen-bond donors (Lipinski definition) is 2. The van der Waals surface area contributed by atoms with Crippen LogP contribution < -0.4 is 10.6 Å². The summed E-state index contributed by atoms with van der Waals surface area (Å²) in [4.78, 5) is 22.4. The van der Waals surface area contributed by atoms with E-state index in [1.54, 1.807) is 13.0 Å². The second-order valence-electron chi connectivity index (χ2n) is 5.41. The number of halogens is 3. The van der Waals surface area contributed by atoms with E-state index in [1.165, 1.54) is 13.0 Å². The molecule has 23 heavy (non-hydrogen) atoms. The molecule has 0 saturated carbocycles. The molecule has 0 aliphatic rings. The van der Waals surface area contributed by atoms with Crippen LogP contribution in [0.4, 0.5) is 13.2 Å². The average Bonchev–Trinajstić information content (AvgIpc) is 2.45. The second-order valence-corrected chi connectivity index (χ2v) is 5.41. The van der Waals surface area contributed by atoms with Crippen LogP contribution in [-0.4, -0.2) is 24.9 Å².